The number of hydrogen-bond donors (Lipinski definition) is 1. The SMILES string of the molecule is CCN(CC)CCC[C@@H]1Cc2ccccc2C[C@H]1O. The molecule has 1 aromatic rings. The Bertz CT molecular complexity index is 387. The molecule has 0 amide bonds. The molecule has 0 saturated carbocycles. The quantitative estimate of drug-likeness (QED) is 0.851. The van der Waals surface area contributed by atoms with E-state index in [-0.39, 0.29) is 6.10 Å². The molecule has 2 nitrogen and oxygen atoms in total. The van der Waals surface area contributed by atoms with Gasteiger partial charge in [0.1, 0.15) is 0 Å². The Morgan fingerprint density at radius 1 is 1.11 bits per heavy atom. The van der Waals surface area contributed by atoms with Crippen LogP contribution in [-0.2, 0) is 12.8 Å². The molecule has 0 aliphatic heterocycles. The van der Waals surface area contributed by atoms with E-state index in [4.69, 9.17) is 0 Å². The topological polar surface area (TPSA) is 23.5 Å². The summed E-state index contributed by atoms with van der Waals surface area (Å²) in [6, 6.07) is 8.57. The number of benzene rings is 1. The Morgan fingerprint density at radius 3 is 2.37 bits per heavy atom. The van der Waals surface area contributed by atoms with Crippen LogP contribution < -0.4 is 0 Å². The van der Waals surface area contributed by atoms with Crippen molar-refractivity contribution in [2.75, 3.05) is 19.6 Å². The van der Waals surface area contributed by atoms with E-state index < -0.39 is 0 Å². The maximum atomic E-state index is 10.3. The fourth-order valence-electron chi connectivity index (χ4n) is 3.18. The lowest BCUT2D eigenvalue weighted by Crippen LogP contribution is -2.31. The summed E-state index contributed by atoms with van der Waals surface area (Å²) in [6.45, 7) is 7.86. The van der Waals surface area contributed by atoms with Gasteiger partial charge in [0, 0.05) is 0 Å². The molecule has 1 aliphatic rings. The third-order valence-electron chi connectivity index (χ3n) is 4.52. The number of aliphatic hydroxyl groups is 1. The Kier molecular flexibility index (Phi) is 5.41. The molecular formula is C17H27NO. The average molecular weight is 261 g/mol. The highest BCUT2D eigenvalue weighted by atomic mass is 16.3. The van der Waals surface area contributed by atoms with Crippen LogP contribution in [-0.4, -0.2) is 35.7 Å². The molecule has 1 aliphatic carbocycles. The maximum absolute atomic E-state index is 10.3. The number of hydrogen-bond acceptors (Lipinski definition) is 2. The van der Waals surface area contributed by atoms with E-state index in [9.17, 15) is 5.11 Å². The van der Waals surface area contributed by atoms with Crippen LogP contribution in [0, 0.1) is 5.92 Å². The van der Waals surface area contributed by atoms with Gasteiger partial charge >= 0.3 is 0 Å². The van der Waals surface area contributed by atoms with Crippen molar-refractivity contribution in [3.05, 3.63) is 35.4 Å². The van der Waals surface area contributed by atoms with E-state index >= 15 is 0 Å². The lowest BCUT2D eigenvalue weighted by molar-refractivity contribution is 0.0912. The van der Waals surface area contributed by atoms with Crippen molar-refractivity contribution >= 4 is 0 Å². The smallest absolute Gasteiger partial charge is 0.0611 e. The van der Waals surface area contributed by atoms with Crippen LogP contribution in [0.3, 0.4) is 0 Å². The maximum Gasteiger partial charge on any atom is 0.0611 e. The highest BCUT2D eigenvalue weighted by Crippen LogP contribution is 2.28. The molecule has 0 heterocycles. The predicted molar refractivity (Wildman–Crippen MR) is 80.4 cm³/mol. The Labute approximate surface area is 117 Å². The first-order valence-electron chi connectivity index (χ1n) is 7.71. The van der Waals surface area contributed by atoms with Crippen molar-refractivity contribution in [2.24, 2.45) is 5.92 Å². The van der Waals surface area contributed by atoms with Gasteiger partial charge in [-0.1, -0.05) is 38.1 Å². The summed E-state index contributed by atoms with van der Waals surface area (Å²) in [6.07, 6.45) is 4.09. The zero-order valence-corrected chi connectivity index (χ0v) is 12.3. The number of rotatable bonds is 6. The van der Waals surface area contributed by atoms with Gasteiger partial charge in [-0.15, -0.1) is 0 Å². The molecule has 0 radical (unpaired) electrons. The first-order chi connectivity index (χ1) is 9.24. The van der Waals surface area contributed by atoms with Crippen molar-refractivity contribution in [3.63, 3.8) is 0 Å². The zero-order valence-electron chi connectivity index (χ0n) is 12.3. The van der Waals surface area contributed by atoms with E-state index in [1.165, 1.54) is 17.5 Å². The van der Waals surface area contributed by atoms with Crippen LogP contribution in [0.2, 0.25) is 0 Å². The standard InChI is InChI=1S/C17H27NO/c1-3-18(4-2)11-7-10-16-12-14-8-5-6-9-15(14)13-17(16)19/h5-6,8-9,16-17,19H,3-4,7,10-13H2,1-2H3/t16-,17-/m1/s1. The van der Waals surface area contributed by atoms with Crippen molar-refractivity contribution in [1.82, 2.24) is 4.90 Å². The molecule has 0 spiro atoms. The van der Waals surface area contributed by atoms with Crippen LogP contribution >= 0.6 is 0 Å². The average Bonchev–Trinajstić information content (AvgIpc) is 2.44. The largest absolute Gasteiger partial charge is 0.392 e. The Morgan fingerprint density at radius 2 is 1.74 bits per heavy atom. The first kappa shape index (κ1) is 14.5. The summed E-state index contributed by atoms with van der Waals surface area (Å²) in [5.41, 5.74) is 2.79. The molecule has 2 atom stereocenters. The molecule has 0 aromatic heterocycles. The summed E-state index contributed by atoms with van der Waals surface area (Å²) in [5.74, 6) is 0.450. The molecule has 106 valence electrons. The van der Waals surface area contributed by atoms with Gasteiger partial charge in [-0.25, -0.2) is 0 Å². The second kappa shape index (κ2) is 7.06. The van der Waals surface area contributed by atoms with Crippen LogP contribution in [0.5, 0.6) is 0 Å². The fraction of sp³-hybridized carbons (Fsp3) is 0.647. The fourth-order valence-corrected chi connectivity index (χ4v) is 3.18. The molecule has 1 aromatic carbocycles. The van der Waals surface area contributed by atoms with Crippen LogP contribution in [0.15, 0.2) is 24.3 Å². The van der Waals surface area contributed by atoms with Gasteiger partial charge in [0.2, 0.25) is 0 Å². The second-order valence-corrected chi connectivity index (χ2v) is 5.67. The van der Waals surface area contributed by atoms with Crippen molar-refractivity contribution < 1.29 is 5.11 Å². The number of fused-ring (bicyclic) bond motifs is 1. The van der Waals surface area contributed by atoms with Gasteiger partial charge in [-0.2, -0.15) is 0 Å². The van der Waals surface area contributed by atoms with Gasteiger partial charge in [-0.05, 0) is 62.4 Å². The minimum Gasteiger partial charge on any atom is -0.392 e. The highest BCUT2D eigenvalue weighted by molar-refractivity contribution is 5.30. The monoisotopic (exact) mass is 261 g/mol. The van der Waals surface area contributed by atoms with Crippen LogP contribution in [0.1, 0.15) is 37.8 Å². The van der Waals surface area contributed by atoms with E-state index in [0.29, 0.717) is 5.92 Å². The summed E-state index contributed by atoms with van der Waals surface area (Å²) < 4.78 is 0. The molecule has 2 heteroatoms. The lowest BCUT2D eigenvalue weighted by Gasteiger charge is -2.30. The van der Waals surface area contributed by atoms with Crippen molar-refractivity contribution in [2.45, 2.75) is 45.6 Å². The Balaban J connectivity index is 1.85. The van der Waals surface area contributed by atoms with Crippen molar-refractivity contribution in [1.29, 1.82) is 0 Å². The van der Waals surface area contributed by atoms with Crippen LogP contribution in [0.25, 0.3) is 0 Å². The minimum atomic E-state index is -0.147. The van der Waals surface area contributed by atoms with Gasteiger partial charge in [0.25, 0.3) is 0 Å². The van der Waals surface area contributed by atoms with Gasteiger partial charge in [0.05, 0.1) is 6.10 Å². The van der Waals surface area contributed by atoms with Gasteiger partial charge < -0.3 is 10.0 Å². The molecule has 0 saturated heterocycles. The lowest BCUT2D eigenvalue weighted by atomic mass is 9.79. The van der Waals surface area contributed by atoms with E-state index in [1.54, 1.807) is 0 Å². The molecule has 0 fully saturated rings. The van der Waals surface area contributed by atoms with Gasteiger partial charge in [0.15, 0.2) is 0 Å². The molecule has 2 rings (SSSR count). The molecule has 0 bridgehead atoms. The third kappa shape index (κ3) is 3.80. The highest BCUT2D eigenvalue weighted by Gasteiger charge is 2.26. The predicted octanol–water partition coefficient (Wildman–Crippen LogP) is 2.88. The zero-order chi connectivity index (χ0) is 13.7. The molecule has 19 heavy (non-hydrogen) atoms. The second-order valence-electron chi connectivity index (χ2n) is 5.67. The summed E-state index contributed by atoms with van der Waals surface area (Å²) in [5, 5.41) is 10.3. The summed E-state index contributed by atoms with van der Waals surface area (Å²) >= 11 is 0. The van der Waals surface area contributed by atoms with E-state index in [0.717, 1.165) is 38.9 Å². The number of nitrogens with zero attached hydrogens (tertiary/aromatic N) is 1. The molecule has 1 N–H and O–H groups in total. The number of aliphatic hydroxyl groups excluding tert-OH is 1. The van der Waals surface area contributed by atoms with Gasteiger partial charge in [-0.3, -0.25) is 0 Å². The van der Waals surface area contributed by atoms with E-state index in [2.05, 4.69) is 43.0 Å². The normalized spacial score (nSPS) is 22.5. The third-order valence-corrected chi connectivity index (χ3v) is 4.52. The first-order valence-corrected chi connectivity index (χ1v) is 7.71. The Hall–Kier alpha value is -0.860. The summed E-state index contributed by atoms with van der Waals surface area (Å²) in [4.78, 5) is 2.46. The van der Waals surface area contributed by atoms with E-state index in [1.807, 2.05) is 0 Å². The molecule has 0 unspecified atom stereocenters. The van der Waals surface area contributed by atoms with Crippen molar-refractivity contribution in [3.8, 4) is 0 Å². The summed E-state index contributed by atoms with van der Waals surface area (Å²) in [7, 11) is 0. The van der Waals surface area contributed by atoms with Crippen LogP contribution in [0.4, 0.5) is 0 Å². The molecular weight excluding hydrogens is 234 g/mol. The minimum absolute atomic E-state index is 0.147.